The number of aliphatic hydroxyl groups is 8. The Labute approximate surface area is 298 Å². The number of phenolic OH excluding ortho intramolecular Hbond substituents is 4. The summed E-state index contributed by atoms with van der Waals surface area (Å²) in [6.45, 7) is 2.05. The Morgan fingerprint density at radius 3 is 1.91 bits per heavy atom. The molecular weight excluding hydrogens is 716 g/mol. The predicted molar refractivity (Wildman–Crippen MR) is 171 cm³/mol. The van der Waals surface area contributed by atoms with Gasteiger partial charge in [0.25, 0.3) is 0 Å². The van der Waals surface area contributed by atoms with Crippen molar-refractivity contribution in [3.63, 3.8) is 0 Å². The first-order valence-electron chi connectivity index (χ1n) is 16.4. The number of phenols is 4. The van der Waals surface area contributed by atoms with E-state index in [2.05, 4.69) is 0 Å². The second kappa shape index (κ2) is 15.1. The van der Waals surface area contributed by atoms with Crippen LogP contribution >= 0.6 is 0 Å². The molecule has 3 saturated heterocycles. The van der Waals surface area contributed by atoms with E-state index in [0.29, 0.717) is 0 Å². The van der Waals surface area contributed by atoms with Crippen molar-refractivity contribution >= 4 is 11.0 Å². The topological polar surface area (TPSA) is 328 Å². The van der Waals surface area contributed by atoms with Crippen LogP contribution < -0.4 is 10.2 Å². The van der Waals surface area contributed by atoms with Crippen molar-refractivity contribution in [2.45, 2.75) is 106 Å². The van der Waals surface area contributed by atoms with Crippen molar-refractivity contribution in [1.82, 2.24) is 0 Å². The van der Waals surface area contributed by atoms with Gasteiger partial charge in [0.1, 0.15) is 77.4 Å². The number of aromatic hydroxyl groups is 4. The van der Waals surface area contributed by atoms with Gasteiger partial charge < -0.3 is 94.1 Å². The monoisotopic (exact) mass is 756 g/mol. The van der Waals surface area contributed by atoms with E-state index in [4.69, 9.17) is 32.8 Å². The van der Waals surface area contributed by atoms with E-state index in [-0.39, 0.29) is 11.1 Å². The highest BCUT2D eigenvalue weighted by atomic mass is 16.8. The Kier molecular flexibility index (Phi) is 11.1. The number of fused-ring (bicyclic) bond motifs is 1. The van der Waals surface area contributed by atoms with Crippen LogP contribution in [0.15, 0.2) is 39.5 Å². The lowest BCUT2D eigenvalue weighted by Gasteiger charge is -2.46. The van der Waals surface area contributed by atoms with Crippen LogP contribution in [-0.4, -0.2) is 160 Å². The van der Waals surface area contributed by atoms with Crippen LogP contribution in [0.2, 0.25) is 0 Å². The van der Waals surface area contributed by atoms with Gasteiger partial charge in [-0.2, -0.15) is 0 Å². The average Bonchev–Trinajstić information content (AvgIpc) is 3.11. The largest absolute Gasteiger partial charge is 0.508 e. The molecule has 3 aromatic rings. The highest BCUT2D eigenvalue weighted by Crippen LogP contribution is 2.40. The molecule has 3 aliphatic heterocycles. The van der Waals surface area contributed by atoms with Crippen molar-refractivity contribution in [1.29, 1.82) is 0 Å². The molecule has 20 heteroatoms. The molecule has 0 bridgehead atoms. The number of hydrogen-bond donors (Lipinski definition) is 12. The SMILES string of the molecule is C[C@@H]1O[C@@H](OC[C@H]2O[C@@H](Oc3c(-c4ccc(O)c(O)c4)oc4cc(O)cc(O)c4c3=O)[C@H](O[C@@H]3O[C@@H](C)[C@H](O)[C@@H](O)[C@H]3O)[C@@H](O)[C@H]2O)[C@H](O)[C@H](O)[C@H]1O. The van der Waals surface area contributed by atoms with Crippen LogP contribution in [0, 0.1) is 0 Å². The Bertz CT molecular complexity index is 1830. The molecular formula is C33H40O20. The van der Waals surface area contributed by atoms with E-state index in [9.17, 15) is 66.1 Å². The number of ether oxygens (including phenoxy) is 6. The second-order valence-corrected chi connectivity index (χ2v) is 13.1. The molecule has 53 heavy (non-hydrogen) atoms. The van der Waals surface area contributed by atoms with Crippen molar-refractivity contribution in [2.75, 3.05) is 6.61 Å². The molecule has 3 aliphatic rings. The molecule has 0 radical (unpaired) electrons. The minimum atomic E-state index is -2.04. The highest BCUT2D eigenvalue weighted by Gasteiger charge is 2.52. The zero-order valence-corrected chi connectivity index (χ0v) is 27.9. The predicted octanol–water partition coefficient (Wildman–Crippen LogP) is -2.84. The van der Waals surface area contributed by atoms with E-state index in [0.717, 1.165) is 24.3 Å². The number of benzene rings is 2. The third kappa shape index (κ3) is 7.34. The van der Waals surface area contributed by atoms with Crippen LogP contribution in [0.4, 0.5) is 0 Å². The minimum Gasteiger partial charge on any atom is -0.508 e. The fourth-order valence-corrected chi connectivity index (χ4v) is 6.25. The van der Waals surface area contributed by atoms with Crippen LogP contribution in [-0.2, 0) is 23.7 Å². The molecule has 2 aromatic carbocycles. The Morgan fingerprint density at radius 1 is 0.642 bits per heavy atom. The minimum absolute atomic E-state index is 0.0962. The van der Waals surface area contributed by atoms with Gasteiger partial charge in [-0.1, -0.05) is 0 Å². The lowest BCUT2D eigenvalue weighted by Crippen LogP contribution is -2.65. The van der Waals surface area contributed by atoms with Gasteiger partial charge in [-0.05, 0) is 32.0 Å². The second-order valence-electron chi connectivity index (χ2n) is 13.1. The molecule has 1 aromatic heterocycles. The lowest BCUT2D eigenvalue weighted by atomic mass is 9.97. The van der Waals surface area contributed by atoms with E-state index in [1.807, 2.05) is 0 Å². The summed E-state index contributed by atoms with van der Waals surface area (Å²) in [6, 6.07) is 5.09. The fraction of sp³-hybridized carbons (Fsp3) is 0.545. The van der Waals surface area contributed by atoms with Gasteiger partial charge in [0, 0.05) is 17.7 Å². The molecule has 12 N–H and O–H groups in total. The number of aliphatic hydroxyl groups excluding tert-OH is 8. The van der Waals surface area contributed by atoms with Gasteiger partial charge >= 0.3 is 0 Å². The Balaban J connectivity index is 1.40. The van der Waals surface area contributed by atoms with E-state index >= 15 is 0 Å². The van der Waals surface area contributed by atoms with Gasteiger partial charge in [0.2, 0.25) is 17.5 Å². The average molecular weight is 757 g/mol. The zero-order chi connectivity index (χ0) is 38.6. The quantitative estimate of drug-likeness (QED) is 0.103. The summed E-state index contributed by atoms with van der Waals surface area (Å²) < 4.78 is 40.1. The van der Waals surface area contributed by atoms with Crippen LogP contribution in [0.25, 0.3) is 22.3 Å². The number of hydrogen-bond acceptors (Lipinski definition) is 20. The Hall–Kier alpha value is -3.87. The smallest absolute Gasteiger partial charge is 0.239 e. The zero-order valence-electron chi connectivity index (χ0n) is 27.9. The molecule has 4 heterocycles. The van der Waals surface area contributed by atoms with Crippen LogP contribution in [0.3, 0.4) is 0 Å². The first kappa shape index (κ1) is 38.8. The molecule has 6 rings (SSSR count). The van der Waals surface area contributed by atoms with Crippen LogP contribution in [0.1, 0.15) is 13.8 Å². The molecule has 20 nitrogen and oxygen atoms in total. The maximum Gasteiger partial charge on any atom is 0.239 e. The van der Waals surface area contributed by atoms with Crippen molar-refractivity contribution in [2.24, 2.45) is 0 Å². The van der Waals surface area contributed by atoms with E-state index in [1.54, 1.807) is 0 Å². The summed E-state index contributed by atoms with van der Waals surface area (Å²) in [6.07, 6.45) is -25.1. The lowest BCUT2D eigenvalue weighted by molar-refractivity contribution is -0.360. The van der Waals surface area contributed by atoms with Crippen LogP contribution in [0.5, 0.6) is 28.7 Å². The standard InChI is InChI=1S/C33H40O20/c1-9-19(38)23(42)26(45)31(48-9)47-8-17-21(40)25(44)30(53-32-27(46)24(43)20(39)10(2)49-32)33(51-17)52-29-22(41)18-15(37)6-12(34)7-16(18)50-28(29)11-3-4-13(35)14(36)5-11/h3-7,9-10,17,19-21,23-27,30-40,42-46H,8H2,1-2H3/t9-,10-,17+,19-,20-,21-,23+,24+,25-,26+,27+,30+,31+,32-,33-/m0/s1. The molecule has 0 amide bonds. The highest BCUT2D eigenvalue weighted by molar-refractivity contribution is 5.88. The fourth-order valence-electron chi connectivity index (χ4n) is 6.25. The normalized spacial score (nSPS) is 37.8. The summed E-state index contributed by atoms with van der Waals surface area (Å²) in [7, 11) is 0. The van der Waals surface area contributed by atoms with Gasteiger partial charge in [-0.3, -0.25) is 4.79 Å². The molecule has 292 valence electrons. The van der Waals surface area contributed by atoms with Crippen molar-refractivity contribution in [3.05, 3.63) is 40.6 Å². The van der Waals surface area contributed by atoms with E-state index in [1.165, 1.54) is 19.9 Å². The maximum atomic E-state index is 14.0. The first-order valence-corrected chi connectivity index (χ1v) is 16.4. The van der Waals surface area contributed by atoms with Crippen molar-refractivity contribution < 1.29 is 94.1 Å². The van der Waals surface area contributed by atoms with Gasteiger partial charge in [0.05, 0.1) is 18.8 Å². The number of rotatable bonds is 8. The van der Waals surface area contributed by atoms with Gasteiger partial charge in [-0.25, -0.2) is 0 Å². The first-order chi connectivity index (χ1) is 25.0. The third-order valence-corrected chi connectivity index (χ3v) is 9.37. The van der Waals surface area contributed by atoms with Gasteiger partial charge in [-0.15, -0.1) is 0 Å². The molecule has 0 unspecified atom stereocenters. The molecule has 0 saturated carbocycles. The van der Waals surface area contributed by atoms with Gasteiger partial charge in [0.15, 0.2) is 35.9 Å². The maximum absolute atomic E-state index is 14.0. The van der Waals surface area contributed by atoms with E-state index < -0.39 is 144 Å². The molecule has 0 spiro atoms. The summed E-state index contributed by atoms with van der Waals surface area (Å²) in [5.41, 5.74) is -1.54. The summed E-state index contributed by atoms with van der Waals surface area (Å²) in [5.74, 6) is -3.68. The third-order valence-electron chi connectivity index (χ3n) is 9.37. The molecule has 15 atom stereocenters. The molecule has 3 fully saturated rings. The summed E-state index contributed by atoms with van der Waals surface area (Å²) in [5, 5.41) is 125. The Morgan fingerprint density at radius 2 is 1.26 bits per heavy atom. The van der Waals surface area contributed by atoms with Crippen molar-refractivity contribution in [3.8, 4) is 40.1 Å². The molecule has 0 aliphatic carbocycles. The summed E-state index contributed by atoms with van der Waals surface area (Å²) in [4.78, 5) is 14.0. The summed E-state index contributed by atoms with van der Waals surface area (Å²) >= 11 is 0.